The van der Waals surface area contributed by atoms with Gasteiger partial charge in [0.2, 0.25) is 5.56 Å². The molecule has 0 aliphatic carbocycles. The fourth-order valence-electron chi connectivity index (χ4n) is 3.11. The van der Waals surface area contributed by atoms with Crippen molar-refractivity contribution in [2.24, 2.45) is 4.99 Å². The van der Waals surface area contributed by atoms with E-state index in [1.807, 2.05) is 41.3 Å². The van der Waals surface area contributed by atoms with Crippen LogP contribution >= 0.6 is 0 Å². The van der Waals surface area contributed by atoms with Crippen molar-refractivity contribution in [3.05, 3.63) is 88.6 Å². The summed E-state index contributed by atoms with van der Waals surface area (Å²) in [5.41, 5.74) is 2.49. The third-order valence-corrected chi connectivity index (χ3v) is 4.70. The number of nitrogens with zero attached hydrogens (tertiary/aromatic N) is 4. The van der Waals surface area contributed by atoms with Crippen molar-refractivity contribution in [3.8, 4) is 0 Å². The minimum atomic E-state index is 0.0479. The SMILES string of the molecule is CN=C(NCCCCn1ccccc1=O)NCc1ccccc1Cn1cccn1. The Kier molecular flexibility index (Phi) is 7.63. The minimum absolute atomic E-state index is 0.0479. The highest BCUT2D eigenvalue weighted by molar-refractivity contribution is 5.79. The Labute approximate surface area is 171 Å². The van der Waals surface area contributed by atoms with Gasteiger partial charge in [-0.2, -0.15) is 5.10 Å². The summed E-state index contributed by atoms with van der Waals surface area (Å²) in [6.45, 7) is 2.97. The number of hydrogen-bond acceptors (Lipinski definition) is 3. The van der Waals surface area contributed by atoms with Gasteiger partial charge in [0.05, 0.1) is 6.54 Å². The van der Waals surface area contributed by atoms with Crippen molar-refractivity contribution in [2.75, 3.05) is 13.6 Å². The first-order chi connectivity index (χ1) is 14.3. The summed E-state index contributed by atoms with van der Waals surface area (Å²) in [4.78, 5) is 16.0. The van der Waals surface area contributed by atoms with Gasteiger partial charge in [-0.1, -0.05) is 30.3 Å². The van der Waals surface area contributed by atoms with Crippen LogP contribution in [0.2, 0.25) is 0 Å². The molecule has 0 aliphatic heterocycles. The third-order valence-electron chi connectivity index (χ3n) is 4.70. The number of pyridine rings is 1. The molecule has 2 heterocycles. The second-order valence-corrected chi connectivity index (χ2v) is 6.76. The lowest BCUT2D eigenvalue weighted by atomic mass is 10.1. The highest BCUT2D eigenvalue weighted by atomic mass is 16.1. The molecule has 0 radical (unpaired) electrons. The van der Waals surface area contributed by atoms with Crippen LogP contribution in [-0.2, 0) is 19.6 Å². The Balaban J connectivity index is 1.43. The molecule has 0 unspecified atom stereocenters. The molecule has 2 aromatic heterocycles. The van der Waals surface area contributed by atoms with Gasteiger partial charge in [-0.3, -0.25) is 14.5 Å². The van der Waals surface area contributed by atoms with E-state index in [0.29, 0.717) is 6.54 Å². The maximum atomic E-state index is 11.7. The normalized spacial score (nSPS) is 11.4. The maximum Gasteiger partial charge on any atom is 0.250 e. The van der Waals surface area contributed by atoms with Crippen LogP contribution in [0.4, 0.5) is 0 Å². The molecule has 0 saturated carbocycles. The van der Waals surface area contributed by atoms with E-state index >= 15 is 0 Å². The zero-order valence-electron chi connectivity index (χ0n) is 16.8. The van der Waals surface area contributed by atoms with Crippen LogP contribution in [0.25, 0.3) is 0 Å². The first kappa shape index (κ1) is 20.4. The van der Waals surface area contributed by atoms with Crippen LogP contribution in [0.3, 0.4) is 0 Å². The van der Waals surface area contributed by atoms with Gasteiger partial charge in [0, 0.05) is 51.3 Å². The van der Waals surface area contributed by atoms with Crippen molar-refractivity contribution in [2.45, 2.75) is 32.5 Å². The average Bonchev–Trinajstić information content (AvgIpc) is 3.25. The minimum Gasteiger partial charge on any atom is -0.356 e. The van der Waals surface area contributed by atoms with E-state index in [1.165, 1.54) is 11.1 Å². The van der Waals surface area contributed by atoms with Crippen molar-refractivity contribution in [1.82, 2.24) is 25.0 Å². The fourth-order valence-corrected chi connectivity index (χ4v) is 3.11. The third kappa shape index (κ3) is 6.34. The van der Waals surface area contributed by atoms with Gasteiger partial charge in [-0.05, 0) is 36.1 Å². The number of aliphatic imine (C=N–C) groups is 1. The lowest BCUT2D eigenvalue weighted by Gasteiger charge is -2.14. The standard InChI is InChI=1S/C22H28N6O/c1-23-22(24-12-5-7-15-27-14-6-4-11-21(27)29)25-17-19-9-2-3-10-20(19)18-28-16-8-13-26-28/h2-4,6,8-11,13-14,16H,5,7,12,15,17-18H2,1H3,(H2,23,24,25). The van der Waals surface area contributed by atoms with Crippen LogP contribution in [-0.4, -0.2) is 33.9 Å². The molecule has 2 N–H and O–H groups in total. The number of guanidine groups is 1. The maximum absolute atomic E-state index is 11.7. The van der Waals surface area contributed by atoms with E-state index in [4.69, 9.17) is 0 Å². The van der Waals surface area contributed by atoms with Crippen molar-refractivity contribution < 1.29 is 0 Å². The molecule has 0 aliphatic rings. The van der Waals surface area contributed by atoms with Gasteiger partial charge >= 0.3 is 0 Å². The lowest BCUT2D eigenvalue weighted by molar-refractivity contribution is 0.585. The summed E-state index contributed by atoms with van der Waals surface area (Å²) >= 11 is 0. The molecule has 29 heavy (non-hydrogen) atoms. The molecule has 3 rings (SSSR count). The van der Waals surface area contributed by atoms with Crippen LogP contribution in [0.5, 0.6) is 0 Å². The van der Waals surface area contributed by atoms with Gasteiger partial charge in [-0.25, -0.2) is 0 Å². The fraction of sp³-hybridized carbons (Fsp3) is 0.318. The van der Waals surface area contributed by atoms with Crippen LogP contribution < -0.4 is 16.2 Å². The highest BCUT2D eigenvalue weighted by Crippen LogP contribution is 2.10. The number of aryl methyl sites for hydroxylation is 1. The summed E-state index contributed by atoms with van der Waals surface area (Å²) in [6, 6.07) is 15.5. The van der Waals surface area contributed by atoms with E-state index in [2.05, 4.69) is 32.9 Å². The Morgan fingerprint density at radius 3 is 2.59 bits per heavy atom. The van der Waals surface area contributed by atoms with E-state index < -0.39 is 0 Å². The first-order valence-corrected chi connectivity index (χ1v) is 9.90. The number of benzene rings is 1. The highest BCUT2D eigenvalue weighted by Gasteiger charge is 2.04. The number of rotatable bonds is 9. The molecule has 3 aromatic rings. The largest absolute Gasteiger partial charge is 0.356 e. The predicted octanol–water partition coefficient (Wildman–Crippen LogP) is 2.24. The zero-order chi connectivity index (χ0) is 20.3. The molecular weight excluding hydrogens is 364 g/mol. The van der Waals surface area contributed by atoms with Gasteiger partial charge in [0.1, 0.15) is 0 Å². The smallest absolute Gasteiger partial charge is 0.250 e. The topological polar surface area (TPSA) is 76.2 Å². The molecular formula is C22H28N6O. The quantitative estimate of drug-likeness (QED) is 0.333. The Morgan fingerprint density at radius 1 is 1.00 bits per heavy atom. The predicted molar refractivity (Wildman–Crippen MR) is 116 cm³/mol. The molecule has 0 spiro atoms. The van der Waals surface area contributed by atoms with Crippen LogP contribution in [0.15, 0.2) is 76.9 Å². The van der Waals surface area contributed by atoms with Gasteiger partial charge < -0.3 is 15.2 Å². The molecule has 0 bridgehead atoms. The number of hydrogen-bond donors (Lipinski definition) is 2. The number of aromatic nitrogens is 3. The van der Waals surface area contributed by atoms with Gasteiger partial charge in [-0.15, -0.1) is 0 Å². The summed E-state index contributed by atoms with van der Waals surface area (Å²) in [7, 11) is 1.77. The number of nitrogens with one attached hydrogen (secondary N) is 2. The molecule has 0 amide bonds. The van der Waals surface area contributed by atoms with Crippen molar-refractivity contribution in [1.29, 1.82) is 0 Å². The summed E-state index contributed by atoms with van der Waals surface area (Å²) in [5, 5.41) is 11.0. The molecule has 7 nitrogen and oxygen atoms in total. The van der Waals surface area contributed by atoms with Crippen molar-refractivity contribution >= 4 is 5.96 Å². The van der Waals surface area contributed by atoms with Gasteiger partial charge in [0.25, 0.3) is 0 Å². The Morgan fingerprint density at radius 2 is 1.83 bits per heavy atom. The lowest BCUT2D eigenvalue weighted by Crippen LogP contribution is -2.37. The van der Waals surface area contributed by atoms with E-state index in [9.17, 15) is 4.79 Å². The molecule has 1 aromatic carbocycles. The summed E-state index contributed by atoms with van der Waals surface area (Å²) in [5.74, 6) is 0.774. The Bertz CT molecular complexity index is 961. The molecule has 0 fully saturated rings. The molecule has 0 saturated heterocycles. The molecule has 7 heteroatoms. The number of unbranched alkanes of at least 4 members (excludes halogenated alkanes) is 1. The van der Waals surface area contributed by atoms with Crippen LogP contribution in [0.1, 0.15) is 24.0 Å². The van der Waals surface area contributed by atoms with Crippen LogP contribution in [0, 0.1) is 0 Å². The second-order valence-electron chi connectivity index (χ2n) is 6.76. The first-order valence-electron chi connectivity index (χ1n) is 9.90. The van der Waals surface area contributed by atoms with E-state index in [1.54, 1.807) is 29.9 Å². The van der Waals surface area contributed by atoms with Crippen molar-refractivity contribution in [3.63, 3.8) is 0 Å². The van der Waals surface area contributed by atoms with E-state index in [-0.39, 0.29) is 5.56 Å². The molecule has 0 atom stereocenters. The summed E-state index contributed by atoms with van der Waals surface area (Å²) in [6.07, 6.45) is 7.48. The van der Waals surface area contributed by atoms with E-state index in [0.717, 1.165) is 38.4 Å². The summed E-state index contributed by atoms with van der Waals surface area (Å²) < 4.78 is 3.66. The molecule has 152 valence electrons. The van der Waals surface area contributed by atoms with Gasteiger partial charge in [0.15, 0.2) is 5.96 Å². The Hall–Kier alpha value is -3.35. The monoisotopic (exact) mass is 392 g/mol. The zero-order valence-corrected chi connectivity index (χ0v) is 16.8. The second kappa shape index (κ2) is 10.8. The average molecular weight is 393 g/mol.